The number of benzene rings is 2. The Kier molecular flexibility index (Phi) is 5.68. The van der Waals surface area contributed by atoms with Gasteiger partial charge in [-0.05, 0) is 43.9 Å². The zero-order valence-electron chi connectivity index (χ0n) is 13.8. The molecule has 0 aliphatic heterocycles. The molecule has 2 rings (SSSR count). The van der Waals surface area contributed by atoms with E-state index in [2.05, 4.69) is 42.0 Å². The Bertz CT molecular complexity index is 592. The molecule has 0 amide bonds. The summed E-state index contributed by atoms with van der Waals surface area (Å²) >= 11 is -1.13. The van der Waals surface area contributed by atoms with Crippen LogP contribution in [0.3, 0.4) is 0 Å². The van der Waals surface area contributed by atoms with Gasteiger partial charge in [0.1, 0.15) is 10.8 Å². The highest BCUT2D eigenvalue weighted by Crippen LogP contribution is 2.28. The Morgan fingerprint density at radius 1 is 1.00 bits per heavy atom. The minimum absolute atomic E-state index is 0.0580. The Balaban J connectivity index is 2.42. The van der Waals surface area contributed by atoms with Gasteiger partial charge in [-0.3, -0.25) is 0 Å². The molecule has 0 radical (unpaired) electrons. The quantitative estimate of drug-likeness (QED) is 0.831. The van der Waals surface area contributed by atoms with E-state index < -0.39 is 11.4 Å². The maximum atomic E-state index is 12.6. The van der Waals surface area contributed by atoms with E-state index in [9.17, 15) is 4.55 Å². The number of aryl methyl sites for hydroxylation is 1. The van der Waals surface area contributed by atoms with Crippen molar-refractivity contribution in [3.63, 3.8) is 0 Å². The van der Waals surface area contributed by atoms with E-state index in [0.717, 1.165) is 12.0 Å². The second kappa shape index (κ2) is 7.32. The molecule has 0 aliphatic carbocycles. The highest BCUT2D eigenvalue weighted by Gasteiger charge is 2.31. The lowest BCUT2D eigenvalue weighted by atomic mass is 9.94. The zero-order valence-corrected chi connectivity index (χ0v) is 14.6. The van der Waals surface area contributed by atoms with Crippen LogP contribution >= 0.6 is 0 Å². The van der Waals surface area contributed by atoms with Gasteiger partial charge in [0.25, 0.3) is 0 Å². The summed E-state index contributed by atoms with van der Waals surface area (Å²) in [5, 5.41) is 0. The second-order valence-electron chi connectivity index (χ2n) is 6.40. The largest absolute Gasteiger partial charge is 0.598 e. The molecule has 2 nitrogen and oxygen atoms in total. The first kappa shape index (κ1) is 17.1. The first-order valence-electron chi connectivity index (χ1n) is 7.74. The Hall–Kier alpha value is -1.29. The third-order valence-electron chi connectivity index (χ3n) is 3.66. The predicted octanol–water partition coefficient (Wildman–Crippen LogP) is 4.39. The van der Waals surface area contributed by atoms with Crippen LogP contribution in [0, 0.1) is 0 Å². The summed E-state index contributed by atoms with van der Waals surface area (Å²) < 4.78 is 15.7. The van der Waals surface area contributed by atoms with E-state index in [1.807, 2.05) is 45.0 Å². The lowest BCUT2D eigenvalue weighted by Crippen LogP contribution is -2.41. The van der Waals surface area contributed by atoms with Crippen LogP contribution in [0.15, 0.2) is 54.6 Å². The minimum atomic E-state index is -1.13. The van der Waals surface area contributed by atoms with Gasteiger partial charge in [-0.1, -0.05) is 61.5 Å². The second-order valence-corrected chi connectivity index (χ2v) is 8.39. The van der Waals surface area contributed by atoms with Crippen molar-refractivity contribution in [2.75, 3.05) is 0 Å². The summed E-state index contributed by atoms with van der Waals surface area (Å²) in [6.07, 6.45) is 0.962. The van der Waals surface area contributed by atoms with E-state index >= 15 is 0 Å². The van der Waals surface area contributed by atoms with Gasteiger partial charge in [-0.2, -0.15) is 0 Å². The smallest absolute Gasteiger partial charge is 0.136 e. The topological polar surface area (TPSA) is 35.1 Å². The van der Waals surface area contributed by atoms with Gasteiger partial charge < -0.3 is 4.55 Å². The Labute approximate surface area is 137 Å². The maximum absolute atomic E-state index is 12.6. The molecule has 0 saturated carbocycles. The van der Waals surface area contributed by atoms with Gasteiger partial charge in [-0.25, -0.2) is 0 Å². The summed E-state index contributed by atoms with van der Waals surface area (Å²) in [7, 11) is 0. The van der Waals surface area contributed by atoms with E-state index in [4.69, 9.17) is 0 Å². The summed E-state index contributed by atoms with van der Waals surface area (Å²) in [6.45, 7) is 8.12. The van der Waals surface area contributed by atoms with Crippen molar-refractivity contribution in [2.24, 2.45) is 0 Å². The Morgan fingerprint density at radius 3 is 2.18 bits per heavy atom. The van der Waals surface area contributed by atoms with E-state index in [1.54, 1.807) is 0 Å². The normalized spacial score (nSPS) is 14.6. The molecule has 0 bridgehead atoms. The van der Waals surface area contributed by atoms with Crippen LogP contribution in [0.5, 0.6) is 0 Å². The molecule has 0 fully saturated rings. The number of nitrogens with one attached hydrogen (secondary N) is 1. The van der Waals surface area contributed by atoms with E-state index in [0.29, 0.717) is 0 Å². The lowest BCUT2D eigenvalue weighted by Gasteiger charge is -2.29. The van der Waals surface area contributed by atoms with Crippen LogP contribution in [-0.4, -0.2) is 9.30 Å². The van der Waals surface area contributed by atoms with Gasteiger partial charge in [0.05, 0.1) is 0 Å². The van der Waals surface area contributed by atoms with Gasteiger partial charge in [0.15, 0.2) is 0 Å². The lowest BCUT2D eigenvalue weighted by molar-refractivity contribution is 0.535. The Morgan fingerprint density at radius 2 is 1.59 bits per heavy atom. The van der Waals surface area contributed by atoms with Crippen LogP contribution in [0.2, 0.25) is 0 Å². The van der Waals surface area contributed by atoms with E-state index in [1.165, 1.54) is 11.1 Å². The molecule has 2 atom stereocenters. The van der Waals surface area contributed by atoms with Crippen molar-refractivity contribution in [1.29, 1.82) is 0 Å². The summed E-state index contributed by atoms with van der Waals surface area (Å²) in [5.74, 6) is 0. The molecule has 0 spiro atoms. The molecule has 118 valence electrons. The minimum Gasteiger partial charge on any atom is -0.598 e. The van der Waals surface area contributed by atoms with E-state index in [-0.39, 0.29) is 10.8 Å². The highest BCUT2D eigenvalue weighted by molar-refractivity contribution is 7.90. The first-order chi connectivity index (χ1) is 10.4. The number of rotatable bonds is 5. The molecule has 3 heteroatoms. The van der Waals surface area contributed by atoms with Crippen LogP contribution in [0.25, 0.3) is 0 Å². The van der Waals surface area contributed by atoms with Crippen molar-refractivity contribution in [3.05, 3.63) is 71.3 Å². The predicted molar refractivity (Wildman–Crippen MR) is 95.1 cm³/mol. The first-order valence-corrected chi connectivity index (χ1v) is 8.89. The van der Waals surface area contributed by atoms with Crippen LogP contribution in [0.4, 0.5) is 0 Å². The number of hydrogen-bond acceptors (Lipinski definition) is 2. The van der Waals surface area contributed by atoms with Gasteiger partial charge in [-0.15, -0.1) is 4.72 Å². The van der Waals surface area contributed by atoms with Crippen molar-refractivity contribution in [2.45, 2.75) is 44.9 Å². The van der Waals surface area contributed by atoms with Crippen LogP contribution in [0.1, 0.15) is 50.4 Å². The van der Waals surface area contributed by atoms with Crippen molar-refractivity contribution in [1.82, 2.24) is 4.72 Å². The standard InChI is InChI=1S/C19H25NOS/c1-5-15-11-9-10-14-17(15)18(16-12-7-6-8-13-16)20-22(21)19(2,3)4/h6-14,18,20H,5H2,1-4H3/t18-,22?/m0/s1. The molecule has 1 unspecified atom stereocenters. The molecule has 2 aromatic carbocycles. The third-order valence-corrected chi connectivity index (χ3v) is 5.22. The zero-order chi connectivity index (χ0) is 16.2. The fraction of sp³-hybridized carbons (Fsp3) is 0.368. The molecule has 22 heavy (non-hydrogen) atoms. The maximum Gasteiger partial charge on any atom is 0.136 e. The molecule has 0 aromatic heterocycles. The molecule has 0 heterocycles. The van der Waals surface area contributed by atoms with Crippen LogP contribution in [-0.2, 0) is 17.8 Å². The number of hydrogen-bond donors (Lipinski definition) is 1. The summed E-state index contributed by atoms with van der Waals surface area (Å²) in [5.41, 5.74) is 3.63. The van der Waals surface area contributed by atoms with Gasteiger partial charge in [0, 0.05) is 11.4 Å². The van der Waals surface area contributed by atoms with Gasteiger partial charge in [0.2, 0.25) is 0 Å². The van der Waals surface area contributed by atoms with Gasteiger partial charge >= 0.3 is 0 Å². The summed E-state index contributed by atoms with van der Waals surface area (Å²) in [6, 6.07) is 18.6. The summed E-state index contributed by atoms with van der Waals surface area (Å²) in [4.78, 5) is 0. The SMILES string of the molecule is CCc1ccccc1[C@@H](N[S+]([O-])C(C)(C)C)c1ccccc1. The third kappa shape index (κ3) is 4.13. The fourth-order valence-electron chi connectivity index (χ4n) is 2.38. The molecular formula is C19H25NOS. The fourth-order valence-corrected chi connectivity index (χ4v) is 3.21. The van der Waals surface area contributed by atoms with Crippen molar-refractivity contribution < 1.29 is 4.55 Å². The molecule has 0 aliphatic rings. The van der Waals surface area contributed by atoms with Crippen LogP contribution < -0.4 is 4.72 Å². The monoisotopic (exact) mass is 315 g/mol. The molecule has 2 aromatic rings. The van der Waals surface area contributed by atoms with Crippen molar-refractivity contribution >= 4 is 11.4 Å². The highest BCUT2D eigenvalue weighted by atomic mass is 32.2. The molecular weight excluding hydrogens is 290 g/mol. The molecule has 1 N–H and O–H groups in total. The van der Waals surface area contributed by atoms with Crippen molar-refractivity contribution in [3.8, 4) is 0 Å². The average molecular weight is 315 g/mol. The molecule has 0 saturated heterocycles. The average Bonchev–Trinajstić information content (AvgIpc) is 2.52.